The number of fused-ring (bicyclic) bond motifs is 1. The molecule has 5 rings (SSSR count). The van der Waals surface area contributed by atoms with Gasteiger partial charge in [0.1, 0.15) is 11.6 Å². The minimum atomic E-state index is -1.06. The summed E-state index contributed by atoms with van der Waals surface area (Å²) in [7, 11) is 0. The largest absolute Gasteiger partial charge is 0.478 e. The third-order valence-corrected chi connectivity index (χ3v) is 6.72. The van der Waals surface area contributed by atoms with Gasteiger partial charge in [-0.25, -0.2) is 14.2 Å². The number of rotatable bonds is 6. The molecule has 40 heavy (non-hydrogen) atoms. The summed E-state index contributed by atoms with van der Waals surface area (Å²) in [6.45, 7) is 5.11. The number of carbonyl (C=O) groups is 2. The summed E-state index contributed by atoms with van der Waals surface area (Å²) >= 11 is 0. The molecule has 212 valence electrons. The molecule has 7 nitrogen and oxygen atoms in total. The summed E-state index contributed by atoms with van der Waals surface area (Å²) in [5.74, 6) is -0.935. The van der Waals surface area contributed by atoms with E-state index in [-0.39, 0.29) is 54.5 Å². The van der Waals surface area contributed by atoms with Gasteiger partial charge >= 0.3 is 5.97 Å². The molecule has 1 aliphatic rings. The number of piperazine rings is 1. The lowest BCUT2D eigenvalue weighted by atomic mass is 10.1. The Morgan fingerprint density at radius 1 is 0.900 bits per heavy atom. The lowest BCUT2D eigenvalue weighted by Crippen LogP contribution is -2.46. The van der Waals surface area contributed by atoms with Gasteiger partial charge < -0.3 is 15.3 Å². The van der Waals surface area contributed by atoms with Crippen LogP contribution in [0.5, 0.6) is 0 Å². The van der Waals surface area contributed by atoms with Gasteiger partial charge in [0.25, 0.3) is 5.91 Å². The highest BCUT2D eigenvalue weighted by Crippen LogP contribution is 2.27. The Hall–Kier alpha value is -3.43. The van der Waals surface area contributed by atoms with Crippen molar-refractivity contribution in [2.75, 3.05) is 36.4 Å². The number of hydrogen-bond donors (Lipinski definition) is 2. The molecule has 0 atom stereocenters. The first-order chi connectivity index (χ1) is 17.9. The van der Waals surface area contributed by atoms with E-state index in [1.165, 1.54) is 6.07 Å². The number of nitrogens with zero attached hydrogens (tertiary/aromatic N) is 3. The van der Waals surface area contributed by atoms with E-state index in [2.05, 4.69) is 15.1 Å². The van der Waals surface area contributed by atoms with E-state index in [1.54, 1.807) is 48.5 Å². The molecule has 0 radical (unpaired) electrons. The van der Waals surface area contributed by atoms with Crippen LogP contribution in [0.2, 0.25) is 0 Å². The van der Waals surface area contributed by atoms with E-state index >= 15 is 0 Å². The monoisotopic (exact) mass is 606 g/mol. The van der Waals surface area contributed by atoms with E-state index in [0.717, 1.165) is 5.56 Å². The first-order valence-electron chi connectivity index (χ1n) is 12.1. The number of nitrogens with one attached hydrogen (secondary N) is 1. The Morgan fingerprint density at radius 3 is 2.25 bits per heavy atom. The minimum absolute atomic E-state index is 0. The second-order valence-corrected chi connectivity index (χ2v) is 9.19. The molecule has 2 heterocycles. The maximum atomic E-state index is 14.0. The number of anilines is 2. The van der Waals surface area contributed by atoms with Gasteiger partial charge in [0.15, 0.2) is 0 Å². The van der Waals surface area contributed by atoms with E-state index in [0.29, 0.717) is 66.3 Å². The highest BCUT2D eigenvalue weighted by molar-refractivity contribution is 6.08. The van der Waals surface area contributed by atoms with Crippen molar-refractivity contribution in [2.24, 2.45) is 0 Å². The molecular weight excluding hydrogens is 578 g/mol. The standard InChI is InChI=1S/C29H27FN4O3.3ClH/c1-19-6-2-4-8-22(19)28(35)31-21-10-11-26-23(16-21)24(29(36)37)17-27(32-26)34-14-12-33(13-15-34)18-20-7-3-5-9-25(20)30;;;/h2-11,16-17H,12-15,18H2,1H3,(H,31,35)(H,36,37);3*1H. The molecule has 0 aliphatic carbocycles. The molecule has 4 aromatic rings. The molecule has 1 aliphatic heterocycles. The SMILES string of the molecule is Cc1ccccc1C(=O)Nc1ccc2nc(N3CCN(Cc4ccccc4F)CC3)cc(C(=O)O)c2c1.Cl.Cl.Cl. The van der Waals surface area contributed by atoms with Crippen LogP contribution < -0.4 is 10.2 Å². The first kappa shape index (κ1) is 32.8. The van der Waals surface area contributed by atoms with Crippen LogP contribution in [0.3, 0.4) is 0 Å². The normalized spacial score (nSPS) is 13.0. The van der Waals surface area contributed by atoms with E-state index in [4.69, 9.17) is 4.98 Å². The molecule has 0 bridgehead atoms. The van der Waals surface area contributed by atoms with Gasteiger partial charge in [-0.2, -0.15) is 0 Å². The fourth-order valence-electron chi connectivity index (χ4n) is 4.66. The number of carboxylic acid groups (broad SMARTS) is 1. The van der Waals surface area contributed by atoms with E-state index in [1.807, 2.05) is 25.1 Å². The van der Waals surface area contributed by atoms with Crippen LogP contribution in [0.25, 0.3) is 10.9 Å². The highest BCUT2D eigenvalue weighted by Gasteiger charge is 2.22. The number of carbonyl (C=O) groups excluding carboxylic acids is 1. The van der Waals surface area contributed by atoms with Gasteiger partial charge in [-0.05, 0) is 48.9 Å². The van der Waals surface area contributed by atoms with Crippen molar-refractivity contribution in [3.05, 3.63) is 101 Å². The fourth-order valence-corrected chi connectivity index (χ4v) is 4.66. The number of hydrogen-bond acceptors (Lipinski definition) is 5. The third kappa shape index (κ3) is 7.20. The molecular formula is C29H30Cl3FN4O3. The van der Waals surface area contributed by atoms with Crippen LogP contribution in [0.15, 0.2) is 72.8 Å². The van der Waals surface area contributed by atoms with Crippen molar-refractivity contribution in [1.82, 2.24) is 9.88 Å². The van der Waals surface area contributed by atoms with Crippen molar-refractivity contribution < 1.29 is 19.1 Å². The second kappa shape index (κ2) is 14.3. The van der Waals surface area contributed by atoms with Crippen molar-refractivity contribution in [3.63, 3.8) is 0 Å². The number of benzene rings is 3. The molecule has 3 aromatic carbocycles. The van der Waals surface area contributed by atoms with Crippen LogP contribution in [0.4, 0.5) is 15.9 Å². The topological polar surface area (TPSA) is 85.8 Å². The molecule has 1 aromatic heterocycles. The number of pyridine rings is 1. The van der Waals surface area contributed by atoms with E-state index < -0.39 is 5.97 Å². The Bertz CT molecular complexity index is 1500. The number of halogens is 4. The van der Waals surface area contributed by atoms with Gasteiger partial charge in [0.2, 0.25) is 0 Å². The lowest BCUT2D eigenvalue weighted by Gasteiger charge is -2.35. The predicted molar refractivity (Wildman–Crippen MR) is 163 cm³/mol. The predicted octanol–water partition coefficient (Wildman–Crippen LogP) is 6.22. The third-order valence-electron chi connectivity index (χ3n) is 6.72. The van der Waals surface area contributed by atoms with Crippen LogP contribution in [0, 0.1) is 12.7 Å². The van der Waals surface area contributed by atoms with Gasteiger partial charge in [0.05, 0.1) is 11.1 Å². The number of aryl methyl sites for hydroxylation is 1. The zero-order chi connectivity index (χ0) is 25.9. The quantitative estimate of drug-likeness (QED) is 0.271. The molecule has 1 amide bonds. The van der Waals surface area contributed by atoms with Gasteiger partial charge in [-0.1, -0.05) is 36.4 Å². The van der Waals surface area contributed by atoms with Crippen molar-refractivity contribution in [2.45, 2.75) is 13.5 Å². The molecule has 0 unspecified atom stereocenters. The number of aromatic carboxylic acids is 1. The van der Waals surface area contributed by atoms with Crippen molar-refractivity contribution in [3.8, 4) is 0 Å². The Labute approximate surface area is 250 Å². The Morgan fingerprint density at radius 2 is 1.57 bits per heavy atom. The number of carboxylic acids is 1. The summed E-state index contributed by atoms with van der Waals surface area (Å²) in [5.41, 5.74) is 3.24. The smallest absolute Gasteiger partial charge is 0.336 e. The van der Waals surface area contributed by atoms with Gasteiger partial charge in [-0.3, -0.25) is 9.69 Å². The highest BCUT2D eigenvalue weighted by atomic mass is 35.5. The summed E-state index contributed by atoms with van der Waals surface area (Å²) in [6.07, 6.45) is 0. The molecule has 1 saturated heterocycles. The Balaban J connectivity index is 0.00000187. The molecule has 1 fully saturated rings. The average Bonchev–Trinajstić information content (AvgIpc) is 2.90. The summed E-state index contributed by atoms with van der Waals surface area (Å²) in [6, 6.07) is 20.8. The summed E-state index contributed by atoms with van der Waals surface area (Å²) < 4.78 is 14.0. The minimum Gasteiger partial charge on any atom is -0.478 e. The summed E-state index contributed by atoms with van der Waals surface area (Å²) in [4.78, 5) is 33.9. The molecule has 2 N–H and O–H groups in total. The van der Waals surface area contributed by atoms with Crippen molar-refractivity contribution in [1.29, 1.82) is 0 Å². The Kier molecular flexibility index (Phi) is 11.7. The van der Waals surface area contributed by atoms with E-state index in [9.17, 15) is 19.1 Å². The molecule has 0 spiro atoms. The second-order valence-electron chi connectivity index (χ2n) is 9.19. The maximum absolute atomic E-state index is 14.0. The summed E-state index contributed by atoms with van der Waals surface area (Å²) in [5, 5.41) is 13.3. The van der Waals surface area contributed by atoms with Crippen LogP contribution in [0.1, 0.15) is 31.8 Å². The molecule has 11 heteroatoms. The zero-order valence-electron chi connectivity index (χ0n) is 21.7. The van der Waals surface area contributed by atoms with Crippen LogP contribution in [-0.2, 0) is 6.54 Å². The number of aromatic nitrogens is 1. The van der Waals surface area contributed by atoms with Gasteiger partial charge in [0, 0.05) is 54.9 Å². The maximum Gasteiger partial charge on any atom is 0.336 e. The zero-order valence-corrected chi connectivity index (χ0v) is 24.1. The first-order valence-corrected chi connectivity index (χ1v) is 12.1. The molecule has 0 saturated carbocycles. The number of amides is 1. The van der Waals surface area contributed by atoms with Crippen molar-refractivity contribution >= 4 is 71.5 Å². The van der Waals surface area contributed by atoms with Crippen LogP contribution in [-0.4, -0.2) is 53.0 Å². The lowest BCUT2D eigenvalue weighted by molar-refractivity contribution is 0.0698. The average molecular weight is 608 g/mol. The van der Waals surface area contributed by atoms with Crippen LogP contribution >= 0.6 is 37.2 Å². The fraction of sp³-hybridized carbons (Fsp3) is 0.207. The van der Waals surface area contributed by atoms with Gasteiger partial charge in [-0.15, -0.1) is 37.2 Å².